The molecule has 2 atom stereocenters. The van der Waals surface area contributed by atoms with E-state index in [0.717, 1.165) is 13.0 Å². The predicted octanol–water partition coefficient (Wildman–Crippen LogP) is 3.38. The minimum absolute atomic E-state index is 0.158. The topological polar surface area (TPSA) is 23.5 Å². The lowest BCUT2D eigenvalue weighted by Gasteiger charge is -2.33. The second-order valence-corrected chi connectivity index (χ2v) is 6.30. The maximum atomic E-state index is 10.5. The summed E-state index contributed by atoms with van der Waals surface area (Å²) < 4.78 is 0. The average molecular weight is 259 g/mol. The molecule has 1 fully saturated rings. The van der Waals surface area contributed by atoms with Crippen LogP contribution in [0.3, 0.4) is 0 Å². The molecule has 2 nitrogen and oxygen atoms in total. The van der Waals surface area contributed by atoms with Gasteiger partial charge in [0.25, 0.3) is 0 Å². The van der Waals surface area contributed by atoms with Gasteiger partial charge in [0.15, 0.2) is 0 Å². The summed E-state index contributed by atoms with van der Waals surface area (Å²) in [5.74, 6) is 0.522. The van der Waals surface area contributed by atoms with Gasteiger partial charge in [-0.05, 0) is 43.7 Å². The van der Waals surface area contributed by atoms with Crippen molar-refractivity contribution < 1.29 is 5.11 Å². The van der Waals surface area contributed by atoms with Crippen LogP contribution in [0.4, 0.5) is 5.69 Å². The molecule has 1 aromatic carbocycles. The van der Waals surface area contributed by atoms with E-state index in [1.165, 1.54) is 43.4 Å². The number of fused-ring (bicyclic) bond motifs is 1. The van der Waals surface area contributed by atoms with E-state index in [-0.39, 0.29) is 6.10 Å². The van der Waals surface area contributed by atoms with E-state index in [2.05, 4.69) is 36.1 Å². The van der Waals surface area contributed by atoms with Crippen LogP contribution in [-0.4, -0.2) is 23.8 Å². The molecule has 3 rings (SSSR count). The molecule has 1 aliphatic carbocycles. The van der Waals surface area contributed by atoms with Crippen LogP contribution in [0.2, 0.25) is 0 Å². The van der Waals surface area contributed by atoms with E-state index in [4.69, 9.17) is 0 Å². The third-order valence-electron chi connectivity index (χ3n) is 4.93. The molecule has 2 unspecified atom stereocenters. The molecule has 0 aromatic heterocycles. The van der Waals surface area contributed by atoms with Gasteiger partial charge in [-0.3, -0.25) is 0 Å². The van der Waals surface area contributed by atoms with Crippen LogP contribution in [0.15, 0.2) is 24.3 Å². The minimum atomic E-state index is -0.158. The van der Waals surface area contributed by atoms with Gasteiger partial charge in [-0.25, -0.2) is 0 Å². The van der Waals surface area contributed by atoms with Gasteiger partial charge in [0.05, 0.1) is 6.10 Å². The first-order chi connectivity index (χ1) is 9.25. The Morgan fingerprint density at radius 2 is 1.95 bits per heavy atom. The highest BCUT2D eigenvalue weighted by Gasteiger charge is 2.30. The Labute approximate surface area is 116 Å². The van der Waals surface area contributed by atoms with E-state index >= 15 is 0 Å². The molecule has 0 saturated heterocycles. The molecule has 2 heteroatoms. The first-order valence-electron chi connectivity index (χ1n) is 7.78. The largest absolute Gasteiger partial charge is 0.391 e. The summed E-state index contributed by atoms with van der Waals surface area (Å²) in [6.07, 6.45) is 7.34. The Morgan fingerprint density at radius 1 is 1.21 bits per heavy atom. The molecular formula is C17H25NO. The van der Waals surface area contributed by atoms with Crippen molar-refractivity contribution >= 4 is 5.69 Å². The van der Waals surface area contributed by atoms with Gasteiger partial charge in [0.1, 0.15) is 0 Å². The number of hydrogen-bond donors (Lipinski definition) is 1. The Hall–Kier alpha value is -1.02. The van der Waals surface area contributed by atoms with Gasteiger partial charge in [0.2, 0.25) is 0 Å². The van der Waals surface area contributed by atoms with Gasteiger partial charge >= 0.3 is 0 Å². The van der Waals surface area contributed by atoms with Crippen LogP contribution in [0.1, 0.15) is 44.6 Å². The smallest absolute Gasteiger partial charge is 0.0743 e. The number of β-amino-alcohol motifs (C(OH)–C–C–N with tert-alkyl or cyclic N) is 1. The van der Waals surface area contributed by atoms with Crippen LogP contribution in [0.25, 0.3) is 0 Å². The second-order valence-electron chi connectivity index (χ2n) is 6.30. The Morgan fingerprint density at radius 3 is 2.74 bits per heavy atom. The number of rotatable bonds is 3. The monoisotopic (exact) mass is 259 g/mol. The first kappa shape index (κ1) is 13.0. The average Bonchev–Trinajstić information content (AvgIpc) is 2.76. The highest BCUT2D eigenvalue weighted by Crippen LogP contribution is 2.34. The van der Waals surface area contributed by atoms with Crippen molar-refractivity contribution in [3.63, 3.8) is 0 Å². The van der Waals surface area contributed by atoms with Gasteiger partial charge < -0.3 is 10.0 Å². The lowest BCUT2D eigenvalue weighted by molar-refractivity contribution is 0.0891. The third-order valence-corrected chi connectivity index (χ3v) is 4.93. The second kappa shape index (κ2) is 5.54. The fourth-order valence-electron chi connectivity index (χ4n) is 3.78. The summed E-state index contributed by atoms with van der Waals surface area (Å²) in [4.78, 5) is 2.41. The molecule has 0 radical (unpaired) electrons. The number of aliphatic hydroxyl groups is 1. The first-order valence-corrected chi connectivity index (χ1v) is 7.78. The van der Waals surface area contributed by atoms with Crippen molar-refractivity contribution in [1.29, 1.82) is 0 Å². The highest BCUT2D eigenvalue weighted by atomic mass is 16.3. The maximum Gasteiger partial charge on any atom is 0.0743 e. The van der Waals surface area contributed by atoms with Crippen LogP contribution >= 0.6 is 0 Å². The molecule has 0 bridgehead atoms. The molecule has 1 N–H and O–H groups in total. The fourth-order valence-corrected chi connectivity index (χ4v) is 3.78. The van der Waals surface area contributed by atoms with Crippen molar-refractivity contribution in [2.24, 2.45) is 5.92 Å². The van der Waals surface area contributed by atoms with Crippen molar-refractivity contribution in [2.45, 2.75) is 57.6 Å². The summed E-state index contributed by atoms with van der Waals surface area (Å²) in [5, 5.41) is 10.5. The van der Waals surface area contributed by atoms with Gasteiger partial charge in [-0.15, -0.1) is 0 Å². The molecule has 19 heavy (non-hydrogen) atoms. The highest BCUT2D eigenvalue weighted by molar-refractivity contribution is 5.59. The van der Waals surface area contributed by atoms with Crippen LogP contribution in [-0.2, 0) is 6.42 Å². The van der Waals surface area contributed by atoms with Crippen LogP contribution < -0.4 is 4.90 Å². The number of nitrogens with zero attached hydrogens (tertiary/aromatic N) is 1. The lowest BCUT2D eigenvalue weighted by Crippen LogP contribution is -2.40. The van der Waals surface area contributed by atoms with E-state index in [1.54, 1.807) is 0 Å². The predicted molar refractivity (Wildman–Crippen MR) is 79.5 cm³/mol. The standard InChI is InChI=1S/C17H25NO/c1-13-11-15-9-5-6-10-16(15)18(13)12-17(19)14-7-3-2-4-8-14/h5-6,9-10,13-14,17,19H,2-4,7-8,11-12H2,1H3. The molecular weight excluding hydrogens is 234 g/mol. The van der Waals surface area contributed by atoms with Crippen LogP contribution in [0, 0.1) is 5.92 Å². The Bertz CT molecular complexity index is 425. The SMILES string of the molecule is CC1Cc2ccccc2N1CC(O)C1CCCCC1. The number of para-hydroxylation sites is 1. The van der Waals surface area contributed by atoms with Gasteiger partial charge in [-0.2, -0.15) is 0 Å². The van der Waals surface area contributed by atoms with E-state index in [9.17, 15) is 5.11 Å². The molecule has 2 aliphatic rings. The van der Waals surface area contributed by atoms with Crippen molar-refractivity contribution in [3.8, 4) is 0 Å². The quantitative estimate of drug-likeness (QED) is 0.899. The van der Waals surface area contributed by atoms with Gasteiger partial charge in [-0.1, -0.05) is 37.5 Å². The number of anilines is 1. The Balaban J connectivity index is 1.69. The zero-order chi connectivity index (χ0) is 13.2. The number of benzene rings is 1. The van der Waals surface area contributed by atoms with Crippen molar-refractivity contribution in [3.05, 3.63) is 29.8 Å². The van der Waals surface area contributed by atoms with Gasteiger partial charge in [0, 0.05) is 18.3 Å². The molecule has 1 aromatic rings. The molecule has 1 saturated carbocycles. The fraction of sp³-hybridized carbons (Fsp3) is 0.647. The van der Waals surface area contributed by atoms with Crippen molar-refractivity contribution in [2.75, 3.05) is 11.4 Å². The van der Waals surface area contributed by atoms with Crippen molar-refractivity contribution in [1.82, 2.24) is 0 Å². The summed E-state index contributed by atoms with van der Waals surface area (Å²) in [7, 11) is 0. The van der Waals surface area contributed by atoms with E-state index < -0.39 is 0 Å². The molecule has 0 spiro atoms. The van der Waals surface area contributed by atoms with E-state index in [0.29, 0.717) is 12.0 Å². The lowest BCUT2D eigenvalue weighted by atomic mass is 9.85. The number of aliphatic hydroxyl groups excluding tert-OH is 1. The Kier molecular flexibility index (Phi) is 3.79. The zero-order valence-corrected chi connectivity index (χ0v) is 11.9. The summed E-state index contributed by atoms with van der Waals surface area (Å²) >= 11 is 0. The molecule has 0 amide bonds. The molecule has 104 valence electrons. The normalized spacial score (nSPS) is 25.4. The molecule has 1 heterocycles. The number of hydrogen-bond acceptors (Lipinski definition) is 2. The van der Waals surface area contributed by atoms with Crippen LogP contribution in [0.5, 0.6) is 0 Å². The minimum Gasteiger partial charge on any atom is -0.391 e. The third kappa shape index (κ3) is 2.64. The summed E-state index contributed by atoms with van der Waals surface area (Å²) in [6, 6.07) is 9.17. The maximum absolute atomic E-state index is 10.5. The summed E-state index contributed by atoms with van der Waals surface area (Å²) in [5.41, 5.74) is 2.77. The molecule has 1 aliphatic heterocycles. The summed E-state index contributed by atoms with van der Waals surface area (Å²) in [6.45, 7) is 3.08. The van der Waals surface area contributed by atoms with E-state index in [1.807, 2.05) is 0 Å². The zero-order valence-electron chi connectivity index (χ0n) is 11.9.